The maximum atomic E-state index is 4.23. The van der Waals surface area contributed by atoms with Crippen molar-refractivity contribution in [2.45, 2.75) is 39.9 Å². The van der Waals surface area contributed by atoms with Gasteiger partial charge in [-0.15, -0.1) is 0 Å². The Kier molecular flexibility index (Phi) is 4.59. The molecule has 1 N–H and O–H groups in total. The summed E-state index contributed by atoms with van der Waals surface area (Å²) >= 11 is 0. The largest absolute Gasteiger partial charge is 0.352 e. The van der Waals surface area contributed by atoms with Gasteiger partial charge in [-0.2, -0.15) is 0 Å². The van der Waals surface area contributed by atoms with Crippen molar-refractivity contribution in [1.82, 2.24) is 19.4 Å². The van der Waals surface area contributed by atoms with Gasteiger partial charge in [0.15, 0.2) is 0 Å². The summed E-state index contributed by atoms with van der Waals surface area (Å²) in [7, 11) is 0. The molecule has 0 aliphatic carbocycles. The molecular formula is C14H22N4. The maximum Gasteiger partial charge on any atom is 0.105 e. The molecule has 0 spiro atoms. The van der Waals surface area contributed by atoms with Gasteiger partial charge in [-0.3, -0.25) is 0 Å². The van der Waals surface area contributed by atoms with Crippen LogP contribution in [-0.2, 0) is 19.6 Å². The zero-order valence-electron chi connectivity index (χ0n) is 11.3. The van der Waals surface area contributed by atoms with Gasteiger partial charge in [-0.1, -0.05) is 6.92 Å². The standard InChI is InChI=1S/C14H22N4/c1-3-5-15-11-14-4-7-17(12-14)9-10-18-8-6-16-13(18)2/h4,6-8,12,15H,3,5,9-11H2,1-2H3. The molecule has 0 saturated carbocycles. The molecule has 2 aromatic rings. The number of hydrogen-bond donors (Lipinski definition) is 1. The Morgan fingerprint density at radius 2 is 2.17 bits per heavy atom. The van der Waals surface area contributed by atoms with Crippen LogP contribution in [0, 0.1) is 6.92 Å². The molecule has 0 saturated heterocycles. The van der Waals surface area contributed by atoms with Gasteiger partial charge < -0.3 is 14.5 Å². The molecule has 0 amide bonds. The number of aryl methyl sites for hydroxylation is 3. The van der Waals surface area contributed by atoms with E-state index < -0.39 is 0 Å². The van der Waals surface area contributed by atoms with E-state index in [-0.39, 0.29) is 0 Å². The number of rotatable bonds is 7. The van der Waals surface area contributed by atoms with Gasteiger partial charge in [0.05, 0.1) is 0 Å². The Hall–Kier alpha value is -1.55. The number of nitrogens with zero attached hydrogens (tertiary/aromatic N) is 3. The summed E-state index contributed by atoms with van der Waals surface area (Å²) in [5, 5.41) is 3.41. The lowest BCUT2D eigenvalue weighted by Gasteiger charge is -2.06. The Labute approximate surface area is 109 Å². The van der Waals surface area contributed by atoms with Crippen molar-refractivity contribution in [3.8, 4) is 0 Å². The van der Waals surface area contributed by atoms with Crippen LogP contribution in [-0.4, -0.2) is 20.7 Å². The van der Waals surface area contributed by atoms with Crippen LogP contribution < -0.4 is 5.32 Å². The number of nitrogens with one attached hydrogen (secondary N) is 1. The fourth-order valence-corrected chi connectivity index (χ4v) is 2.01. The van der Waals surface area contributed by atoms with Crippen LogP contribution in [0.2, 0.25) is 0 Å². The Morgan fingerprint density at radius 3 is 2.89 bits per heavy atom. The minimum absolute atomic E-state index is 0.963. The molecule has 4 nitrogen and oxygen atoms in total. The lowest BCUT2D eigenvalue weighted by molar-refractivity contribution is 0.568. The third-order valence-electron chi connectivity index (χ3n) is 3.09. The topological polar surface area (TPSA) is 34.8 Å². The van der Waals surface area contributed by atoms with E-state index >= 15 is 0 Å². The molecule has 0 unspecified atom stereocenters. The molecule has 0 aliphatic heterocycles. The molecular weight excluding hydrogens is 224 g/mol. The molecule has 98 valence electrons. The van der Waals surface area contributed by atoms with Gasteiger partial charge in [-0.25, -0.2) is 4.98 Å². The van der Waals surface area contributed by atoms with Crippen molar-refractivity contribution in [2.75, 3.05) is 6.54 Å². The van der Waals surface area contributed by atoms with Gasteiger partial charge in [-0.05, 0) is 31.5 Å². The molecule has 0 fully saturated rings. The zero-order valence-corrected chi connectivity index (χ0v) is 11.3. The Balaban J connectivity index is 1.81. The molecule has 0 aliphatic rings. The van der Waals surface area contributed by atoms with E-state index in [1.165, 1.54) is 12.0 Å². The number of imidazole rings is 1. The molecule has 0 radical (unpaired) electrons. The molecule has 4 heteroatoms. The van der Waals surface area contributed by atoms with Crippen LogP contribution in [0.25, 0.3) is 0 Å². The molecule has 0 atom stereocenters. The van der Waals surface area contributed by atoms with Gasteiger partial charge in [0, 0.05) is 44.4 Å². The quantitative estimate of drug-likeness (QED) is 0.760. The minimum Gasteiger partial charge on any atom is -0.352 e. The van der Waals surface area contributed by atoms with Crippen molar-refractivity contribution in [2.24, 2.45) is 0 Å². The maximum absolute atomic E-state index is 4.23. The van der Waals surface area contributed by atoms with Crippen LogP contribution in [0.3, 0.4) is 0 Å². The predicted molar refractivity (Wildman–Crippen MR) is 73.4 cm³/mol. The van der Waals surface area contributed by atoms with E-state index in [9.17, 15) is 0 Å². The second-order valence-electron chi connectivity index (χ2n) is 4.60. The van der Waals surface area contributed by atoms with E-state index in [4.69, 9.17) is 0 Å². The second kappa shape index (κ2) is 6.40. The van der Waals surface area contributed by atoms with Gasteiger partial charge in [0.2, 0.25) is 0 Å². The van der Waals surface area contributed by atoms with E-state index in [2.05, 4.69) is 44.8 Å². The second-order valence-corrected chi connectivity index (χ2v) is 4.60. The third kappa shape index (κ3) is 3.47. The Morgan fingerprint density at radius 1 is 1.28 bits per heavy atom. The molecule has 2 heterocycles. The van der Waals surface area contributed by atoms with Crippen LogP contribution in [0.4, 0.5) is 0 Å². The molecule has 2 aromatic heterocycles. The summed E-state index contributed by atoms with van der Waals surface area (Å²) in [5.41, 5.74) is 1.35. The first-order valence-corrected chi connectivity index (χ1v) is 6.62. The fraction of sp³-hybridized carbons (Fsp3) is 0.500. The lowest BCUT2D eigenvalue weighted by atomic mass is 10.3. The van der Waals surface area contributed by atoms with Crippen molar-refractivity contribution in [3.63, 3.8) is 0 Å². The first-order valence-electron chi connectivity index (χ1n) is 6.62. The molecule has 0 aromatic carbocycles. The summed E-state index contributed by atoms with van der Waals surface area (Å²) in [6.07, 6.45) is 9.43. The monoisotopic (exact) mass is 246 g/mol. The van der Waals surface area contributed by atoms with Crippen LogP contribution in [0.1, 0.15) is 24.7 Å². The van der Waals surface area contributed by atoms with E-state index in [0.29, 0.717) is 0 Å². The molecule has 18 heavy (non-hydrogen) atoms. The SMILES string of the molecule is CCCNCc1ccn(CCn2ccnc2C)c1. The number of hydrogen-bond acceptors (Lipinski definition) is 2. The number of aromatic nitrogens is 3. The smallest absolute Gasteiger partial charge is 0.105 e. The average molecular weight is 246 g/mol. The van der Waals surface area contributed by atoms with E-state index in [1.807, 2.05) is 19.3 Å². The highest BCUT2D eigenvalue weighted by Gasteiger charge is 1.99. The zero-order chi connectivity index (χ0) is 12.8. The summed E-state index contributed by atoms with van der Waals surface area (Å²) in [6, 6.07) is 2.18. The predicted octanol–water partition coefficient (Wildman–Crippen LogP) is 2.19. The minimum atomic E-state index is 0.963. The van der Waals surface area contributed by atoms with Gasteiger partial charge in [0.25, 0.3) is 0 Å². The third-order valence-corrected chi connectivity index (χ3v) is 3.09. The van der Waals surface area contributed by atoms with E-state index in [1.54, 1.807) is 0 Å². The molecule has 0 bridgehead atoms. The summed E-state index contributed by atoms with van der Waals surface area (Å²) in [4.78, 5) is 4.23. The highest BCUT2D eigenvalue weighted by molar-refractivity contribution is 5.09. The highest BCUT2D eigenvalue weighted by Crippen LogP contribution is 2.03. The van der Waals surface area contributed by atoms with Crippen LogP contribution in [0.5, 0.6) is 0 Å². The normalized spacial score (nSPS) is 11.0. The van der Waals surface area contributed by atoms with Crippen LogP contribution in [0.15, 0.2) is 30.9 Å². The van der Waals surface area contributed by atoms with Gasteiger partial charge >= 0.3 is 0 Å². The summed E-state index contributed by atoms with van der Waals surface area (Å²) in [6.45, 7) is 8.24. The molecule has 2 rings (SSSR count). The van der Waals surface area contributed by atoms with E-state index in [0.717, 1.165) is 32.0 Å². The Bertz CT molecular complexity index is 470. The van der Waals surface area contributed by atoms with Crippen LogP contribution >= 0.6 is 0 Å². The van der Waals surface area contributed by atoms with Crippen molar-refractivity contribution < 1.29 is 0 Å². The van der Waals surface area contributed by atoms with Crippen molar-refractivity contribution in [3.05, 3.63) is 42.2 Å². The lowest BCUT2D eigenvalue weighted by Crippen LogP contribution is -2.13. The van der Waals surface area contributed by atoms with Crippen molar-refractivity contribution in [1.29, 1.82) is 0 Å². The fourth-order valence-electron chi connectivity index (χ4n) is 2.01. The van der Waals surface area contributed by atoms with Crippen molar-refractivity contribution >= 4 is 0 Å². The summed E-state index contributed by atoms with van der Waals surface area (Å²) < 4.78 is 4.41. The highest BCUT2D eigenvalue weighted by atomic mass is 15.1. The average Bonchev–Trinajstić information content (AvgIpc) is 2.96. The first kappa shape index (κ1) is 12.9. The van der Waals surface area contributed by atoms with Gasteiger partial charge in [0.1, 0.15) is 5.82 Å². The summed E-state index contributed by atoms with van der Waals surface area (Å²) in [5.74, 6) is 1.08. The first-order chi connectivity index (χ1) is 8.79.